The SMILES string of the molecule is CNc1nc(-c2ccn(C)n2)nc(C)c1Br. The summed E-state index contributed by atoms with van der Waals surface area (Å²) < 4.78 is 2.62. The predicted molar refractivity (Wildman–Crippen MR) is 66.2 cm³/mol. The fourth-order valence-electron chi connectivity index (χ4n) is 1.37. The van der Waals surface area contributed by atoms with Gasteiger partial charge < -0.3 is 5.32 Å². The van der Waals surface area contributed by atoms with Crippen molar-refractivity contribution in [2.24, 2.45) is 7.05 Å². The van der Waals surface area contributed by atoms with E-state index in [0.29, 0.717) is 5.82 Å². The van der Waals surface area contributed by atoms with Crippen molar-refractivity contribution in [2.45, 2.75) is 6.92 Å². The summed E-state index contributed by atoms with van der Waals surface area (Å²) in [6, 6.07) is 1.89. The second-order valence-corrected chi connectivity index (χ2v) is 4.21. The van der Waals surface area contributed by atoms with Crippen molar-refractivity contribution in [3.8, 4) is 11.5 Å². The van der Waals surface area contributed by atoms with Gasteiger partial charge in [-0.15, -0.1) is 0 Å². The molecule has 0 radical (unpaired) electrons. The van der Waals surface area contributed by atoms with E-state index in [4.69, 9.17) is 0 Å². The molecule has 84 valence electrons. The molecule has 0 saturated carbocycles. The minimum Gasteiger partial charge on any atom is -0.372 e. The third-order valence-electron chi connectivity index (χ3n) is 2.20. The molecule has 2 aromatic rings. The molecule has 0 aliphatic carbocycles. The smallest absolute Gasteiger partial charge is 0.182 e. The largest absolute Gasteiger partial charge is 0.372 e. The number of halogens is 1. The molecule has 0 bridgehead atoms. The van der Waals surface area contributed by atoms with Crippen molar-refractivity contribution < 1.29 is 0 Å². The number of rotatable bonds is 2. The van der Waals surface area contributed by atoms with Crippen LogP contribution < -0.4 is 5.32 Å². The number of hydrogen-bond acceptors (Lipinski definition) is 4. The Bertz CT molecular complexity index is 520. The van der Waals surface area contributed by atoms with E-state index in [1.54, 1.807) is 4.68 Å². The van der Waals surface area contributed by atoms with Crippen LogP contribution in [0.4, 0.5) is 5.82 Å². The number of nitrogens with one attached hydrogen (secondary N) is 1. The maximum atomic E-state index is 4.39. The van der Waals surface area contributed by atoms with Crippen molar-refractivity contribution in [3.63, 3.8) is 0 Å². The third kappa shape index (κ3) is 1.92. The zero-order valence-corrected chi connectivity index (χ0v) is 10.9. The van der Waals surface area contributed by atoms with Crippen molar-refractivity contribution in [1.29, 1.82) is 0 Å². The van der Waals surface area contributed by atoms with E-state index < -0.39 is 0 Å². The van der Waals surface area contributed by atoms with E-state index in [1.165, 1.54) is 0 Å². The van der Waals surface area contributed by atoms with Gasteiger partial charge in [0, 0.05) is 20.3 Å². The van der Waals surface area contributed by atoms with Crippen LogP contribution in [-0.2, 0) is 7.05 Å². The van der Waals surface area contributed by atoms with E-state index in [2.05, 4.69) is 36.3 Å². The highest BCUT2D eigenvalue weighted by Crippen LogP contribution is 2.25. The molecule has 2 aromatic heterocycles. The van der Waals surface area contributed by atoms with Gasteiger partial charge in [0.15, 0.2) is 5.82 Å². The zero-order valence-electron chi connectivity index (χ0n) is 9.32. The van der Waals surface area contributed by atoms with Crippen molar-refractivity contribution in [2.75, 3.05) is 12.4 Å². The summed E-state index contributed by atoms with van der Waals surface area (Å²) in [5, 5.41) is 7.30. The van der Waals surface area contributed by atoms with Gasteiger partial charge in [-0.1, -0.05) is 0 Å². The minimum absolute atomic E-state index is 0.630. The number of hydrogen-bond donors (Lipinski definition) is 1. The molecule has 0 saturated heterocycles. The summed E-state index contributed by atoms with van der Waals surface area (Å²) in [5.74, 6) is 1.40. The quantitative estimate of drug-likeness (QED) is 0.915. The van der Waals surface area contributed by atoms with Crippen LogP contribution in [-0.4, -0.2) is 26.8 Å². The van der Waals surface area contributed by atoms with Crippen LogP contribution in [0, 0.1) is 6.92 Å². The maximum Gasteiger partial charge on any atom is 0.182 e. The van der Waals surface area contributed by atoms with Crippen molar-refractivity contribution in [3.05, 3.63) is 22.4 Å². The van der Waals surface area contributed by atoms with E-state index in [-0.39, 0.29) is 0 Å². The fraction of sp³-hybridized carbons (Fsp3) is 0.300. The fourth-order valence-corrected chi connectivity index (χ4v) is 1.75. The molecule has 2 heterocycles. The van der Waals surface area contributed by atoms with E-state index in [1.807, 2.05) is 33.3 Å². The van der Waals surface area contributed by atoms with Crippen LogP contribution in [0.1, 0.15) is 5.69 Å². The molecule has 0 atom stereocenters. The highest BCUT2D eigenvalue weighted by molar-refractivity contribution is 9.10. The molecule has 0 fully saturated rings. The van der Waals surface area contributed by atoms with Crippen molar-refractivity contribution >= 4 is 21.7 Å². The molecular weight excluding hydrogens is 270 g/mol. The predicted octanol–water partition coefficient (Wildman–Crippen LogP) is 1.99. The highest BCUT2D eigenvalue weighted by atomic mass is 79.9. The Morgan fingerprint density at radius 1 is 1.38 bits per heavy atom. The zero-order chi connectivity index (χ0) is 11.7. The second kappa shape index (κ2) is 4.21. The molecule has 1 N–H and O–H groups in total. The van der Waals surface area contributed by atoms with Gasteiger partial charge in [0.05, 0.1) is 10.2 Å². The topological polar surface area (TPSA) is 55.6 Å². The van der Waals surface area contributed by atoms with Gasteiger partial charge in [-0.05, 0) is 28.9 Å². The first-order chi connectivity index (χ1) is 7.61. The number of aromatic nitrogens is 4. The molecule has 6 heteroatoms. The third-order valence-corrected chi connectivity index (χ3v) is 3.15. The average Bonchev–Trinajstić information content (AvgIpc) is 2.69. The Morgan fingerprint density at radius 3 is 2.69 bits per heavy atom. The lowest BCUT2D eigenvalue weighted by atomic mass is 10.3. The molecular formula is C10H12BrN5. The summed E-state index contributed by atoms with van der Waals surface area (Å²) in [6.07, 6.45) is 1.87. The summed E-state index contributed by atoms with van der Waals surface area (Å²) in [5.41, 5.74) is 1.66. The Hall–Kier alpha value is -1.43. The van der Waals surface area contributed by atoms with Crippen LogP contribution in [0.5, 0.6) is 0 Å². The van der Waals surface area contributed by atoms with Gasteiger partial charge in [-0.25, -0.2) is 9.97 Å². The van der Waals surface area contributed by atoms with Crippen molar-refractivity contribution in [1.82, 2.24) is 19.7 Å². The Labute approximate surface area is 102 Å². The lowest BCUT2D eigenvalue weighted by Crippen LogP contribution is -2.01. The molecule has 2 rings (SSSR count). The maximum absolute atomic E-state index is 4.39. The Morgan fingerprint density at radius 2 is 2.12 bits per heavy atom. The van der Waals surface area contributed by atoms with Crippen LogP contribution in [0.2, 0.25) is 0 Å². The standard InChI is InChI=1S/C10H12BrN5/c1-6-8(11)10(12-2)14-9(13-6)7-4-5-16(3)15-7/h4-5H,1-3H3,(H,12,13,14). The van der Waals surface area contributed by atoms with Gasteiger partial charge in [-0.3, -0.25) is 4.68 Å². The molecule has 5 nitrogen and oxygen atoms in total. The minimum atomic E-state index is 0.630. The molecule has 16 heavy (non-hydrogen) atoms. The summed E-state index contributed by atoms with van der Waals surface area (Å²) in [6.45, 7) is 1.93. The number of nitrogens with zero attached hydrogens (tertiary/aromatic N) is 4. The monoisotopic (exact) mass is 281 g/mol. The van der Waals surface area contributed by atoms with E-state index in [9.17, 15) is 0 Å². The normalized spacial score (nSPS) is 10.5. The van der Waals surface area contributed by atoms with E-state index in [0.717, 1.165) is 21.7 Å². The van der Waals surface area contributed by atoms with Gasteiger partial charge in [0.2, 0.25) is 0 Å². The Kier molecular flexibility index (Phi) is 2.91. The van der Waals surface area contributed by atoms with Crippen LogP contribution >= 0.6 is 15.9 Å². The molecule has 0 aliphatic heterocycles. The van der Waals surface area contributed by atoms with Crippen LogP contribution in [0.15, 0.2) is 16.7 Å². The average molecular weight is 282 g/mol. The summed E-state index contributed by atoms with van der Waals surface area (Å²) in [7, 11) is 3.70. The lowest BCUT2D eigenvalue weighted by molar-refractivity contribution is 0.768. The van der Waals surface area contributed by atoms with E-state index >= 15 is 0 Å². The van der Waals surface area contributed by atoms with Crippen LogP contribution in [0.3, 0.4) is 0 Å². The number of aryl methyl sites for hydroxylation is 2. The summed E-state index contributed by atoms with van der Waals surface area (Å²) in [4.78, 5) is 8.78. The molecule has 0 aromatic carbocycles. The van der Waals surface area contributed by atoms with Gasteiger partial charge >= 0.3 is 0 Å². The van der Waals surface area contributed by atoms with Gasteiger partial charge in [-0.2, -0.15) is 5.10 Å². The second-order valence-electron chi connectivity index (χ2n) is 3.42. The Balaban J connectivity index is 2.54. The molecule has 0 aliphatic rings. The molecule has 0 amide bonds. The molecule has 0 spiro atoms. The van der Waals surface area contributed by atoms with Gasteiger partial charge in [0.1, 0.15) is 11.5 Å². The first-order valence-corrected chi connectivity index (χ1v) is 5.63. The highest BCUT2D eigenvalue weighted by Gasteiger charge is 2.11. The first kappa shape index (κ1) is 11.1. The molecule has 0 unspecified atom stereocenters. The number of anilines is 1. The van der Waals surface area contributed by atoms with Crippen LogP contribution in [0.25, 0.3) is 11.5 Å². The summed E-state index contributed by atoms with van der Waals surface area (Å²) >= 11 is 3.44. The van der Waals surface area contributed by atoms with Gasteiger partial charge in [0.25, 0.3) is 0 Å². The lowest BCUT2D eigenvalue weighted by Gasteiger charge is -2.06. The first-order valence-electron chi connectivity index (χ1n) is 4.83.